The Morgan fingerprint density at radius 3 is 2.56 bits per heavy atom. The van der Waals surface area contributed by atoms with Crippen LogP contribution in [0.2, 0.25) is 0 Å². The zero-order chi connectivity index (χ0) is 12.3. The number of carbonyl (C=O) groups excluding carboxylic acids is 1. The third-order valence-corrected chi connectivity index (χ3v) is 2.89. The van der Waals surface area contributed by atoms with Crippen LogP contribution in [0.25, 0.3) is 0 Å². The number of hydrogen-bond donors (Lipinski definition) is 2. The predicted molar refractivity (Wildman–Crippen MR) is 66.2 cm³/mol. The van der Waals surface area contributed by atoms with E-state index in [1.54, 1.807) is 4.90 Å². The van der Waals surface area contributed by atoms with Crippen LogP contribution in [0.5, 0.6) is 0 Å². The average molecular weight is 227 g/mol. The Labute approximate surface area is 98.6 Å². The SMILES string of the molecule is CC1CC(NCC(C)(C)C)CN(C(N)=O)C1. The molecule has 0 aromatic rings. The van der Waals surface area contributed by atoms with Crippen molar-refractivity contribution >= 4 is 6.03 Å². The number of piperidine rings is 1. The number of nitrogens with one attached hydrogen (secondary N) is 1. The van der Waals surface area contributed by atoms with E-state index in [9.17, 15) is 4.79 Å². The summed E-state index contributed by atoms with van der Waals surface area (Å²) in [6.07, 6.45) is 1.12. The number of hydrogen-bond acceptors (Lipinski definition) is 2. The van der Waals surface area contributed by atoms with Crippen LogP contribution < -0.4 is 11.1 Å². The Morgan fingerprint density at radius 2 is 2.06 bits per heavy atom. The molecule has 0 aromatic carbocycles. The molecule has 2 amide bonds. The van der Waals surface area contributed by atoms with Gasteiger partial charge in [-0.2, -0.15) is 0 Å². The van der Waals surface area contributed by atoms with Crippen molar-refractivity contribution in [1.29, 1.82) is 0 Å². The van der Waals surface area contributed by atoms with Gasteiger partial charge in [0, 0.05) is 25.7 Å². The van der Waals surface area contributed by atoms with Gasteiger partial charge >= 0.3 is 6.03 Å². The highest BCUT2D eigenvalue weighted by Gasteiger charge is 2.27. The van der Waals surface area contributed by atoms with Crippen molar-refractivity contribution in [2.75, 3.05) is 19.6 Å². The molecule has 1 heterocycles. The molecule has 16 heavy (non-hydrogen) atoms. The largest absolute Gasteiger partial charge is 0.351 e. The van der Waals surface area contributed by atoms with Gasteiger partial charge in [-0.25, -0.2) is 4.79 Å². The first kappa shape index (κ1) is 13.3. The van der Waals surface area contributed by atoms with Crippen LogP contribution in [0, 0.1) is 11.3 Å². The quantitative estimate of drug-likeness (QED) is 0.749. The molecule has 1 saturated heterocycles. The number of urea groups is 1. The summed E-state index contributed by atoms with van der Waals surface area (Å²) in [4.78, 5) is 12.9. The maximum atomic E-state index is 11.2. The molecule has 1 aliphatic heterocycles. The van der Waals surface area contributed by atoms with E-state index >= 15 is 0 Å². The average Bonchev–Trinajstić information content (AvgIpc) is 2.13. The first-order valence-corrected chi connectivity index (χ1v) is 6.05. The molecule has 0 aliphatic carbocycles. The standard InChI is InChI=1S/C12H25N3O/c1-9-5-10(14-8-12(2,3)4)7-15(6-9)11(13)16/h9-10,14H,5-8H2,1-4H3,(H2,13,16). The summed E-state index contributed by atoms with van der Waals surface area (Å²) < 4.78 is 0. The number of carbonyl (C=O) groups is 1. The van der Waals surface area contributed by atoms with Crippen LogP contribution in [0.15, 0.2) is 0 Å². The van der Waals surface area contributed by atoms with Crippen molar-refractivity contribution in [3.05, 3.63) is 0 Å². The molecule has 1 aliphatic rings. The molecule has 1 rings (SSSR count). The fourth-order valence-electron chi connectivity index (χ4n) is 2.13. The first-order valence-electron chi connectivity index (χ1n) is 6.05. The lowest BCUT2D eigenvalue weighted by molar-refractivity contribution is 0.154. The molecular weight excluding hydrogens is 202 g/mol. The second-order valence-electron chi connectivity index (χ2n) is 6.22. The molecule has 0 bridgehead atoms. The number of primary amides is 1. The van der Waals surface area contributed by atoms with Crippen molar-refractivity contribution in [2.24, 2.45) is 17.1 Å². The zero-order valence-electron chi connectivity index (χ0n) is 10.9. The van der Waals surface area contributed by atoms with E-state index in [1.165, 1.54) is 0 Å². The van der Waals surface area contributed by atoms with Crippen LogP contribution in [0.4, 0.5) is 4.79 Å². The maximum Gasteiger partial charge on any atom is 0.314 e. The fourth-order valence-corrected chi connectivity index (χ4v) is 2.13. The van der Waals surface area contributed by atoms with Crippen molar-refractivity contribution in [3.63, 3.8) is 0 Å². The van der Waals surface area contributed by atoms with Gasteiger partial charge in [-0.15, -0.1) is 0 Å². The van der Waals surface area contributed by atoms with E-state index in [0.717, 1.165) is 26.1 Å². The first-order chi connectivity index (χ1) is 7.28. The lowest BCUT2D eigenvalue weighted by Crippen LogP contribution is -2.53. The van der Waals surface area contributed by atoms with Gasteiger partial charge in [-0.05, 0) is 17.8 Å². The van der Waals surface area contributed by atoms with Crippen LogP contribution >= 0.6 is 0 Å². The predicted octanol–water partition coefficient (Wildman–Crippen LogP) is 1.41. The summed E-state index contributed by atoms with van der Waals surface area (Å²) in [5.74, 6) is 0.527. The lowest BCUT2D eigenvalue weighted by Gasteiger charge is -2.37. The van der Waals surface area contributed by atoms with Gasteiger partial charge in [0.05, 0.1) is 0 Å². The van der Waals surface area contributed by atoms with Crippen LogP contribution in [-0.4, -0.2) is 36.6 Å². The van der Waals surface area contributed by atoms with Crippen molar-refractivity contribution < 1.29 is 4.79 Å². The van der Waals surface area contributed by atoms with Gasteiger partial charge < -0.3 is 16.0 Å². The Bertz CT molecular complexity index is 247. The van der Waals surface area contributed by atoms with Gasteiger partial charge in [0.1, 0.15) is 0 Å². The summed E-state index contributed by atoms with van der Waals surface area (Å²) >= 11 is 0. The summed E-state index contributed by atoms with van der Waals surface area (Å²) in [5, 5.41) is 3.53. The molecule has 2 unspecified atom stereocenters. The molecule has 4 nitrogen and oxygen atoms in total. The maximum absolute atomic E-state index is 11.2. The number of nitrogens with two attached hydrogens (primary N) is 1. The Hall–Kier alpha value is -0.770. The molecule has 0 radical (unpaired) electrons. The van der Waals surface area contributed by atoms with E-state index in [-0.39, 0.29) is 11.4 Å². The topological polar surface area (TPSA) is 58.4 Å². The summed E-state index contributed by atoms with van der Waals surface area (Å²) in [5.41, 5.74) is 5.61. The van der Waals surface area contributed by atoms with Crippen molar-refractivity contribution in [3.8, 4) is 0 Å². The zero-order valence-corrected chi connectivity index (χ0v) is 10.9. The minimum Gasteiger partial charge on any atom is -0.351 e. The fraction of sp³-hybridized carbons (Fsp3) is 0.917. The third-order valence-electron chi connectivity index (χ3n) is 2.89. The lowest BCUT2D eigenvalue weighted by atomic mass is 9.93. The number of nitrogens with zero attached hydrogens (tertiary/aromatic N) is 1. The van der Waals surface area contributed by atoms with Crippen LogP contribution in [0.3, 0.4) is 0 Å². The minimum absolute atomic E-state index is 0.276. The van der Waals surface area contributed by atoms with Crippen molar-refractivity contribution in [1.82, 2.24) is 10.2 Å². The molecule has 3 N–H and O–H groups in total. The molecule has 1 fully saturated rings. The summed E-state index contributed by atoms with van der Waals surface area (Å²) in [7, 11) is 0. The normalized spacial score (nSPS) is 26.9. The number of likely N-dealkylation sites (tertiary alicyclic amines) is 1. The van der Waals surface area contributed by atoms with Crippen LogP contribution in [0.1, 0.15) is 34.1 Å². The summed E-state index contributed by atoms with van der Waals surface area (Å²) in [6.45, 7) is 11.3. The Morgan fingerprint density at radius 1 is 1.44 bits per heavy atom. The summed E-state index contributed by atoms with van der Waals surface area (Å²) in [6, 6.07) is 0.0876. The minimum atomic E-state index is -0.297. The highest BCUT2D eigenvalue weighted by Crippen LogP contribution is 2.18. The molecule has 4 heteroatoms. The van der Waals surface area contributed by atoms with Crippen molar-refractivity contribution in [2.45, 2.75) is 40.2 Å². The molecular formula is C12H25N3O. The number of rotatable bonds is 2. The monoisotopic (exact) mass is 227 g/mol. The highest BCUT2D eigenvalue weighted by atomic mass is 16.2. The van der Waals surface area contributed by atoms with E-state index in [2.05, 4.69) is 33.0 Å². The second-order valence-corrected chi connectivity index (χ2v) is 6.22. The molecule has 0 spiro atoms. The Balaban J connectivity index is 2.45. The Kier molecular flexibility index (Phi) is 4.19. The van der Waals surface area contributed by atoms with Gasteiger partial charge in [-0.3, -0.25) is 0 Å². The molecule has 0 aromatic heterocycles. The molecule has 0 saturated carbocycles. The van der Waals surface area contributed by atoms with E-state index in [4.69, 9.17) is 5.73 Å². The van der Waals surface area contributed by atoms with E-state index in [1.807, 2.05) is 0 Å². The number of amides is 2. The second kappa shape index (κ2) is 5.04. The van der Waals surface area contributed by atoms with Gasteiger partial charge in [0.15, 0.2) is 0 Å². The molecule has 94 valence electrons. The smallest absolute Gasteiger partial charge is 0.314 e. The highest BCUT2D eigenvalue weighted by molar-refractivity contribution is 5.72. The molecule has 2 atom stereocenters. The van der Waals surface area contributed by atoms with Gasteiger partial charge in [-0.1, -0.05) is 27.7 Å². The van der Waals surface area contributed by atoms with E-state index < -0.39 is 0 Å². The third kappa shape index (κ3) is 4.39. The van der Waals surface area contributed by atoms with Gasteiger partial charge in [0.25, 0.3) is 0 Å². The van der Waals surface area contributed by atoms with Crippen LogP contribution in [-0.2, 0) is 0 Å². The van der Waals surface area contributed by atoms with E-state index in [0.29, 0.717) is 12.0 Å². The van der Waals surface area contributed by atoms with Gasteiger partial charge in [0.2, 0.25) is 0 Å².